The third-order valence-electron chi connectivity index (χ3n) is 6.08. The molecular formula is C20H27N3O2. The molecule has 3 heterocycles. The summed E-state index contributed by atoms with van der Waals surface area (Å²) < 4.78 is 2.15. The fourth-order valence-electron chi connectivity index (χ4n) is 4.80. The number of aliphatic hydroxyl groups excluding tert-OH is 1. The Hall–Kier alpha value is -1.85. The number of fused-ring (bicyclic) bond motifs is 1. The molecule has 2 saturated heterocycles. The molecule has 5 heteroatoms. The zero-order chi connectivity index (χ0) is 17.4. The van der Waals surface area contributed by atoms with E-state index in [1.807, 2.05) is 4.90 Å². The lowest BCUT2D eigenvalue weighted by Crippen LogP contribution is -2.60. The summed E-state index contributed by atoms with van der Waals surface area (Å²) in [7, 11) is 2.07. The number of aromatic nitrogens is 1. The van der Waals surface area contributed by atoms with Crippen molar-refractivity contribution in [3.63, 3.8) is 0 Å². The minimum absolute atomic E-state index is 0.0468. The van der Waals surface area contributed by atoms with Crippen LogP contribution in [0.25, 0.3) is 10.9 Å². The topological polar surface area (TPSA) is 48.7 Å². The Morgan fingerprint density at radius 1 is 1.16 bits per heavy atom. The maximum Gasteiger partial charge on any atom is 0.243 e. The predicted molar refractivity (Wildman–Crippen MR) is 98.2 cm³/mol. The quantitative estimate of drug-likeness (QED) is 0.927. The fourth-order valence-corrected chi connectivity index (χ4v) is 4.80. The number of carbonyl (C=O) groups excluding carboxylic acids is 1. The van der Waals surface area contributed by atoms with Gasteiger partial charge in [-0.3, -0.25) is 9.69 Å². The molecule has 1 unspecified atom stereocenters. The van der Waals surface area contributed by atoms with Crippen LogP contribution in [0.3, 0.4) is 0 Å². The van der Waals surface area contributed by atoms with Gasteiger partial charge < -0.3 is 14.6 Å². The van der Waals surface area contributed by atoms with Gasteiger partial charge in [0.25, 0.3) is 0 Å². The van der Waals surface area contributed by atoms with Crippen LogP contribution in [-0.4, -0.2) is 57.2 Å². The highest BCUT2D eigenvalue weighted by Gasteiger charge is 2.50. The second kappa shape index (κ2) is 6.46. The highest BCUT2D eigenvalue weighted by molar-refractivity contribution is 5.88. The van der Waals surface area contributed by atoms with Crippen molar-refractivity contribution in [2.45, 2.75) is 37.8 Å². The number of hydrogen-bond acceptors (Lipinski definition) is 3. The minimum Gasteiger partial charge on any atom is -0.395 e. The first-order chi connectivity index (χ1) is 12.2. The van der Waals surface area contributed by atoms with Gasteiger partial charge in [0.15, 0.2) is 0 Å². The normalized spacial score (nSPS) is 24.7. The lowest BCUT2D eigenvalue weighted by atomic mass is 9.85. The first kappa shape index (κ1) is 16.6. The van der Waals surface area contributed by atoms with E-state index in [0.717, 1.165) is 45.3 Å². The number of nitrogens with zero attached hydrogens (tertiary/aromatic N) is 3. The van der Waals surface area contributed by atoms with Gasteiger partial charge in [0.05, 0.1) is 6.61 Å². The molecule has 1 aromatic carbocycles. The number of hydrogen-bond donors (Lipinski definition) is 1. The molecule has 4 rings (SSSR count). The summed E-state index contributed by atoms with van der Waals surface area (Å²) in [4.78, 5) is 17.4. The average molecular weight is 341 g/mol. The molecule has 2 aromatic rings. The molecule has 0 aliphatic carbocycles. The van der Waals surface area contributed by atoms with Crippen LogP contribution in [0.1, 0.15) is 31.2 Å². The number of likely N-dealkylation sites (tertiary alicyclic amines) is 2. The van der Waals surface area contributed by atoms with Crippen molar-refractivity contribution in [1.29, 1.82) is 0 Å². The van der Waals surface area contributed by atoms with Crippen LogP contribution in [0.5, 0.6) is 0 Å². The molecule has 1 aromatic heterocycles. The molecule has 25 heavy (non-hydrogen) atoms. The van der Waals surface area contributed by atoms with Gasteiger partial charge in [-0.05, 0) is 49.9 Å². The molecule has 1 amide bonds. The highest BCUT2D eigenvalue weighted by atomic mass is 16.3. The van der Waals surface area contributed by atoms with Crippen molar-refractivity contribution in [3.8, 4) is 0 Å². The summed E-state index contributed by atoms with van der Waals surface area (Å²) in [6.45, 7) is 3.08. The van der Waals surface area contributed by atoms with E-state index < -0.39 is 0 Å². The van der Waals surface area contributed by atoms with Gasteiger partial charge in [0, 0.05) is 43.8 Å². The first-order valence-corrected chi connectivity index (χ1v) is 9.34. The zero-order valence-corrected chi connectivity index (χ0v) is 14.9. The average Bonchev–Trinajstić information content (AvgIpc) is 3.18. The van der Waals surface area contributed by atoms with Gasteiger partial charge in [0.1, 0.15) is 5.54 Å². The van der Waals surface area contributed by atoms with E-state index in [1.165, 1.54) is 16.5 Å². The third-order valence-corrected chi connectivity index (χ3v) is 6.08. The van der Waals surface area contributed by atoms with Gasteiger partial charge in [-0.25, -0.2) is 0 Å². The number of piperidine rings is 1. The molecule has 0 bridgehead atoms. The van der Waals surface area contributed by atoms with E-state index >= 15 is 0 Å². The molecule has 1 atom stereocenters. The van der Waals surface area contributed by atoms with Crippen LogP contribution in [0, 0.1) is 0 Å². The molecule has 2 aliphatic rings. The van der Waals surface area contributed by atoms with E-state index in [-0.39, 0.29) is 18.1 Å². The summed E-state index contributed by atoms with van der Waals surface area (Å²) in [5.74, 6) is 0.227. The van der Waals surface area contributed by atoms with Gasteiger partial charge in [0.2, 0.25) is 5.91 Å². The molecule has 2 fully saturated rings. The van der Waals surface area contributed by atoms with Crippen molar-refractivity contribution in [2.75, 3.05) is 26.2 Å². The number of aliphatic hydroxyl groups is 1. The minimum atomic E-state index is -0.357. The zero-order valence-electron chi connectivity index (χ0n) is 14.9. The molecule has 0 saturated carbocycles. The third kappa shape index (κ3) is 2.66. The van der Waals surface area contributed by atoms with Crippen molar-refractivity contribution in [2.24, 2.45) is 7.05 Å². The van der Waals surface area contributed by atoms with Crippen molar-refractivity contribution >= 4 is 16.8 Å². The smallest absolute Gasteiger partial charge is 0.243 e. The van der Waals surface area contributed by atoms with Crippen LogP contribution in [-0.2, 0) is 18.4 Å². The van der Waals surface area contributed by atoms with Crippen molar-refractivity contribution < 1.29 is 9.90 Å². The van der Waals surface area contributed by atoms with Gasteiger partial charge in [-0.2, -0.15) is 0 Å². The highest BCUT2D eigenvalue weighted by Crippen LogP contribution is 2.39. The Balaban J connectivity index is 1.64. The van der Waals surface area contributed by atoms with E-state index in [9.17, 15) is 9.90 Å². The van der Waals surface area contributed by atoms with Crippen LogP contribution < -0.4 is 0 Å². The Bertz CT molecular complexity index is 782. The number of β-amino-alcohol motifs (C(OH)–C–C–N with tert-alkyl or cyclic N) is 1. The Morgan fingerprint density at radius 2 is 1.96 bits per heavy atom. The Morgan fingerprint density at radius 3 is 2.76 bits per heavy atom. The summed E-state index contributed by atoms with van der Waals surface area (Å²) >= 11 is 0. The first-order valence-electron chi connectivity index (χ1n) is 9.34. The van der Waals surface area contributed by atoms with Crippen molar-refractivity contribution in [1.82, 2.24) is 14.4 Å². The number of amides is 1. The summed E-state index contributed by atoms with van der Waals surface area (Å²) in [6, 6.07) is 8.62. The molecule has 1 N–H and O–H groups in total. The Kier molecular flexibility index (Phi) is 4.29. The standard InChI is InChI=1S/C20H27N3O2/c1-21-12-7-17-16(5-2-6-18(17)21)15-23-11-4-9-20(23)8-3-10-22(13-14-24)19(20)25/h2,5-7,12,24H,3-4,8-11,13-15H2,1H3. The van der Waals surface area contributed by atoms with Gasteiger partial charge in [-0.15, -0.1) is 0 Å². The second-order valence-electron chi connectivity index (χ2n) is 7.45. The number of aryl methyl sites for hydroxylation is 1. The molecule has 5 nitrogen and oxygen atoms in total. The fraction of sp³-hybridized carbons (Fsp3) is 0.550. The molecule has 1 spiro atoms. The monoisotopic (exact) mass is 341 g/mol. The number of rotatable bonds is 4. The molecule has 134 valence electrons. The maximum absolute atomic E-state index is 13.2. The lowest BCUT2D eigenvalue weighted by molar-refractivity contribution is -0.148. The van der Waals surface area contributed by atoms with Crippen LogP contribution in [0.15, 0.2) is 30.5 Å². The van der Waals surface area contributed by atoms with Gasteiger partial charge >= 0.3 is 0 Å². The lowest BCUT2D eigenvalue weighted by Gasteiger charge is -2.44. The van der Waals surface area contributed by atoms with E-state index in [4.69, 9.17) is 0 Å². The SMILES string of the molecule is Cn1ccc2c(CN3CCCC34CCCN(CCO)C4=O)cccc21. The van der Waals surface area contributed by atoms with Gasteiger partial charge in [-0.1, -0.05) is 12.1 Å². The van der Waals surface area contributed by atoms with E-state index in [2.05, 4.69) is 47.0 Å². The predicted octanol–water partition coefficient (Wildman–Crippen LogP) is 2.13. The largest absolute Gasteiger partial charge is 0.395 e. The summed E-state index contributed by atoms with van der Waals surface area (Å²) in [6.07, 6.45) is 6.08. The van der Waals surface area contributed by atoms with E-state index in [0.29, 0.717) is 6.54 Å². The molecule has 2 aliphatic heterocycles. The number of carbonyl (C=O) groups is 1. The van der Waals surface area contributed by atoms with Crippen LogP contribution in [0.4, 0.5) is 0 Å². The van der Waals surface area contributed by atoms with E-state index in [1.54, 1.807) is 0 Å². The van der Waals surface area contributed by atoms with Crippen LogP contribution >= 0.6 is 0 Å². The van der Waals surface area contributed by atoms with Crippen LogP contribution in [0.2, 0.25) is 0 Å². The molecular weight excluding hydrogens is 314 g/mol. The molecule has 0 radical (unpaired) electrons. The van der Waals surface area contributed by atoms with Crippen molar-refractivity contribution in [3.05, 3.63) is 36.0 Å². The Labute approximate surface area is 148 Å². The maximum atomic E-state index is 13.2. The number of benzene rings is 1. The summed E-state index contributed by atoms with van der Waals surface area (Å²) in [5.41, 5.74) is 2.18. The summed E-state index contributed by atoms with van der Waals surface area (Å²) in [5, 5.41) is 10.6. The second-order valence-corrected chi connectivity index (χ2v) is 7.45.